The van der Waals surface area contributed by atoms with E-state index in [0.717, 1.165) is 49.1 Å². The van der Waals surface area contributed by atoms with Gasteiger partial charge in [-0.05, 0) is 129 Å². The summed E-state index contributed by atoms with van der Waals surface area (Å²) >= 11 is 0. The lowest BCUT2D eigenvalue weighted by atomic mass is 9.44. The number of hydrogen-bond donors (Lipinski definition) is 3. The van der Waals surface area contributed by atoms with Crippen LogP contribution in [0.1, 0.15) is 91.4 Å². The van der Waals surface area contributed by atoms with Crippen LogP contribution in [0.5, 0.6) is 0 Å². The van der Waals surface area contributed by atoms with Crippen LogP contribution in [0, 0.1) is 52.2 Å². The third kappa shape index (κ3) is 4.94. The van der Waals surface area contributed by atoms with Crippen molar-refractivity contribution in [1.29, 1.82) is 0 Å². The van der Waals surface area contributed by atoms with Crippen LogP contribution in [0.15, 0.2) is 23.1 Å². The first kappa shape index (κ1) is 28.0. The second-order valence-electron chi connectivity index (χ2n) is 13.6. The van der Waals surface area contributed by atoms with Crippen LogP contribution >= 0.6 is 0 Å². The minimum absolute atomic E-state index is 0.104. The largest absolute Gasteiger partial charge is 0.393 e. The van der Waals surface area contributed by atoms with Gasteiger partial charge in [-0.15, -0.1) is 0 Å². The molecular formula is C30H45FN2O4S. The van der Waals surface area contributed by atoms with Crippen LogP contribution in [-0.2, 0) is 14.8 Å². The second kappa shape index (κ2) is 10.2. The third-order valence-electron chi connectivity index (χ3n) is 11.7. The molecule has 0 spiro atoms. The number of nitrogens with two attached hydrogens (primary N) is 1. The predicted molar refractivity (Wildman–Crippen MR) is 146 cm³/mol. The number of primary sulfonamides is 1. The van der Waals surface area contributed by atoms with Gasteiger partial charge in [-0.25, -0.2) is 17.9 Å². The van der Waals surface area contributed by atoms with E-state index in [-0.39, 0.29) is 17.7 Å². The molecular weight excluding hydrogens is 503 g/mol. The number of fused-ring (bicyclic) bond motifs is 5. The van der Waals surface area contributed by atoms with Gasteiger partial charge in [0, 0.05) is 12.1 Å². The first-order chi connectivity index (χ1) is 17.8. The number of sulfonamides is 1. The Hall–Kier alpha value is -1.51. The number of aliphatic hydroxyl groups excluding tert-OH is 1. The van der Waals surface area contributed by atoms with Crippen molar-refractivity contribution in [3.8, 4) is 0 Å². The molecule has 8 heteroatoms. The molecule has 1 aromatic carbocycles. The average Bonchev–Trinajstić information content (AvgIpc) is 3.19. The third-order valence-corrected chi connectivity index (χ3v) is 12.7. The Morgan fingerprint density at radius 1 is 1.11 bits per heavy atom. The molecule has 0 unspecified atom stereocenters. The van der Waals surface area contributed by atoms with Crippen molar-refractivity contribution in [2.24, 2.45) is 51.5 Å². The Morgan fingerprint density at radius 3 is 2.53 bits per heavy atom. The zero-order chi connectivity index (χ0) is 27.5. The van der Waals surface area contributed by atoms with Gasteiger partial charge in [0.25, 0.3) is 0 Å². The molecule has 0 bridgehead atoms. The molecule has 0 aromatic heterocycles. The van der Waals surface area contributed by atoms with Crippen LogP contribution in [0.3, 0.4) is 0 Å². The summed E-state index contributed by atoms with van der Waals surface area (Å²) in [7, 11) is -4.14. The summed E-state index contributed by atoms with van der Waals surface area (Å²) in [5.74, 6) is 2.88. The summed E-state index contributed by atoms with van der Waals surface area (Å²) in [6.45, 7) is 7.35. The van der Waals surface area contributed by atoms with Gasteiger partial charge in [0.05, 0.1) is 6.10 Å². The maximum atomic E-state index is 14.1. The van der Waals surface area contributed by atoms with Crippen molar-refractivity contribution in [2.75, 3.05) is 5.32 Å². The Labute approximate surface area is 227 Å². The molecule has 38 heavy (non-hydrogen) atoms. The van der Waals surface area contributed by atoms with Gasteiger partial charge in [-0.2, -0.15) is 0 Å². The van der Waals surface area contributed by atoms with Crippen molar-refractivity contribution in [3.63, 3.8) is 0 Å². The Kier molecular flexibility index (Phi) is 7.49. The van der Waals surface area contributed by atoms with E-state index in [1.54, 1.807) is 0 Å². The molecule has 1 aromatic rings. The number of anilines is 1. The lowest BCUT2D eigenvalue weighted by molar-refractivity contribution is -0.129. The van der Waals surface area contributed by atoms with E-state index in [1.165, 1.54) is 51.0 Å². The van der Waals surface area contributed by atoms with Gasteiger partial charge < -0.3 is 10.4 Å². The molecule has 212 valence electrons. The van der Waals surface area contributed by atoms with E-state index >= 15 is 0 Å². The molecule has 0 heterocycles. The fourth-order valence-electron chi connectivity index (χ4n) is 9.80. The van der Waals surface area contributed by atoms with Crippen LogP contribution in [0.2, 0.25) is 0 Å². The molecule has 4 aliphatic carbocycles. The van der Waals surface area contributed by atoms with E-state index < -0.39 is 20.7 Å². The van der Waals surface area contributed by atoms with Crippen LogP contribution < -0.4 is 10.5 Å². The van der Waals surface area contributed by atoms with Gasteiger partial charge in [0.2, 0.25) is 15.9 Å². The quantitative estimate of drug-likeness (QED) is 0.414. The minimum Gasteiger partial charge on any atom is -0.393 e. The lowest BCUT2D eigenvalue weighted by Gasteiger charge is -2.61. The lowest BCUT2D eigenvalue weighted by Crippen LogP contribution is -2.54. The standard InChI is InChI=1S/C30H45FN2O4S/c1-18(4-11-28(35)33-20-6-10-27(26(31)17-20)38(32,36)37)23-8-9-24-22-7-5-19-16-21(34)12-14-29(19,2)25(22)13-15-30(23,24)3/h6,10,17-19,21-25,34H,4-5,7-9,11-16H2,1-3H3,(H,33,35)(H2,32,36,37)/t18-,19-,21-,22+,23-,24+,25+,29+,30-/m1/s1. The monoisotopic (exact) mass is 548 g/mol. The first-order valence-electron chi connectivity index (χ1n) is 14.6. The summed E-state index contributed by atoms with van der Waals surface area (Å²) in [5, 5.41) is 18.0. The smallest absolute Gasteiger partial charge is 0.240 e. The summed E-state index contributed by atoms with van der Waals surface area (Å²) in [6.07, 6.45) is 11.8. The van der Waals surface area contributed by atoms with Crippen molar-refractivity contribution in [2.45, 2.75) is 102 Å². The van der Waals surface area contributed by atoms with Crippen molar-refractivity contribution < 1.29 is 22.7 Å². The van der Waals surface area contributed by atoms with Crippen LogP contribution in [-0.4, -0.2) is 25.5 Å². The van der Waals surface area contributed by atoms with Gasteiger partial charge in [0.1, 0.15) is 10.7 Å². The predicted octanol–water partition coefficient (Wildman–Crippen LogP) is 5.85. The molecule has 1 amide bonds. The molecule has 4 N–H and O–H groups in total. The molecule has 5 rings (SSSR count). The highest BCUT2D eigenvalue weighted by Crippen LogP contribution is 2.68. The van der Waals surface area contributed by atoms with E-state index in [4.69, 9.17) is 5.14 Å². The minimum atomic E-state index is -4.14. The van der Waals surface area contributed by atoms with Gasteiger partial charge >= 0.3 is 0 Å². The van der Waals surface area contributed by atoms with Gasteiger partial charge in [0.15, 0.2) is 0 Å². The Bertz CT molecular complexity index is 1170. The number of carbonyl (C=O) groups is 1. The fraction of sp³-hybridized carbons (Fsp3) is 0.767. The number of halogens is 1. The maximum Gasteiger partial charge on any atom is 0.240 e. The van der Waals surface area contributed by atoms with Crippen LogP contribution in [0.4, 0.5) is 10.1 Å². The highest BCUT2D eigenvalue weighted by molar-refractivity contribution is 7.89. The molecule has 0 aliphatic heterocycles. The van der Waals surface area contributed by atoms with E-state index in [1.807, 2.05) is 0 Å². The molecule has 4 saturated carbocycles. The molecule has 0 radical (unpaired) electrons. The number of aliphatic hydroxyl groups is 1. The number of rotatable bonds is 6. The zero-order valence-corrected chi connectivity index (χ0v) is 23.9. The van der Waals surface area contributed by atoms with Gasteiger partial charge in [-0.3, -0.25) is 4.79 Å². The molecule has 0 saturated heterocycles. The van der Waals surface area contributed by atoms with E-state index in [2.05, 4.69) is 26.1 Å². The number of amides is 1. The van der Waals surface area contributed by atoms with Crippen molar-refractivity contribution in [3.05, 3.63) is 24.0 Å². The summed E-state index contributed by atoms with van der Waals surface area (Å²) in [4.78, 5) is 12.1. The summed E-state index contributed by atoms with van der Waals surface area (Å²) in [5.41, 5.74) is 0.941. The summed E-state index contributed by atoms with van der Waals surface area (Å²) < 4.78 is 37.0. The second-order valence-corrected chi connectivity index (χ2v) is 15.1. The Morgan fingerprint density at radius 2 is 1.82 bits per heavy atom. The molecule has 4 fully saturated rings. The van der Waals surface area contributed by atoms with Crippen molar-refractivity contribution in [1.82, 2.24) is 0 Å². The van der Waals surface area contributed by atoms with Crippen LogP contribution in [0.25, 0.3) is 0 Å². The number of carbonyl (C=O) groups excluding carboxylic acids is 1. The number of benzene rings is 1. The first-order valence-corrected chi connectivity index (χ1v) is 16.2. The van der Waals surface area contributed by atoms with Gasteiger partial charge in [-0.1, -0.05) is 20.8 Å². The van der Waals surface area contributed by atoms with E-state index in [9.17, 15) is 22.7 Å². The average molecular weight is 549 g/mol. The Balaban J connectivity index is 1.19. The topological polar surface area (TPSA) is 109 Å². The van der Waals surface area contributed by atoms with Crippen molar-refractivity contribution >= 4 is 21.6 Å². The highest BCUT2D eigenvalue weighted by Gasteiger charge is 2.60. The zero-order valence-electron chi connectivity index (χ0n) is 23.1. The SMILES string of the molecule is C[C@H](CCC(=O)Nc1ccc(S(N)(=O)=O)c(F)c1)[C@H]1CC[C@H]2[C@@H]3CC[C@@H]4C[C@H](O)CC[C@]4(C)[C@H]3CC[C@]12C. The fourth-order valence-corrected chi connectivity index (χ4v) is 10.4. The van der Waals surface area contributed by atoms with E-state index in [0.29, 0.717) is 35.0 Å². The summed E-state index contributed by atoms with van der Waals surface area (Å²) in [6, 6.07) is 3.46. The number of hydrogen-bond acceptors (Lipinski definition) is 4. The maximum absolute atomic E-state index is 14.1. The normalized spacial score (nSPS) is 39.5. The molecule has 4 aliphatic rings. The highest BCUT2D eigenvalue weighted by atomic mass is 32.2. The molecule has 6 nitrogen and oxygen atoms in total. The number of nitrogens with one attached hydrogen (secondary N) is 1. The molecule has 9 atom stereocenters.